The van der Waals surface area contributed by atoms with Gasteiger partial charge in [-0.2, -0.15) is 11.1 Å². The summed E-state index contributed by atoms with van der Waals surface area (Å²) >= 11 is 11.6. The molecule has 0 aliphatic heterocycles. The second kappa shape index (κ2) is 3.82. The normalized spacial score (nSPS) is 11.4. The summed E-state index contributed by atoms with van der Waals surface area (Å²) in [5.74, 6) is 0. The molecule has 0 aromatic heterocycles. The average molecular weight is 233 g/mol. The van der Waals surface area contributed by atoms with Crippen molar-refractivity contribution in [1.82, 2.24) is 0 Å². The first-order chi connectivity index (χ1) is 5.91. The zero-order valence-electron chi connectivity index (χ0n) is 7.47. The van der Waals surface area contributed by atoms with Gasteiger partial charge >= 0.3 is 0 Å². The monoisotopic (exact) mass is 232 g/mol. The fourth-order valence-corrected chi connectivity index (χ4v) is 2.47. The molecule has 0 atom stereocenters. The van der Waals surface area contributed by atoms with Crippen molar-refractivity contribution >= 4 is 40.5 Å². The van der Waals surface area contributed by atoms with E-state index < -0.39 is 12.6 Å². The number of carbonyl (C=O) groups excluding carboxylic acids is 1. The van der Waals surface area contributed by atoms with Crippen LogP contribution >= 0.6 is 22.7 Å². The highest BCUT2D eigenvalue weighted by Gasteiger charge is 2.20. The highest BCUT2D eigenvalue weighted by molar-refractivity contribution is 7.26. The van der Waals surface area contributed by atoms with E-state index in [-0.39, 0.29) is 0 Å². The molecule has 0 saturated heterocycles. The van der Waals surface area contributed by atoms with Crippen LogP contribution in [-0.2, 0) is 0 Å². The predicted octanol–water partition coefficient (Wildman–Crippen LogP) is 2.72. The quantitative estimate of drug-likeness (QED) is 0.436. The van der Waals surface area contributed by atoms with Gasteiger partial charge in [0.25, 0.3) is 5.24 Å². The zero-order valence-corrected chi connectivity index (χ0v) is 9.99. The molecule has 0 saturated carbocycles. The summed E-state index contributed by atoms with van der Waals surface area (Å²) in [4.78, 5) is 10.9. The molecule has 0 N–H and O–H groups in total. The molecule has 1 aromatic carbocycles. The molecule has 4 heteroatoms. The average Bonchev–Trinajstić information content (AvgIpc) is 2.03. The molecule has 0 aliphatic rings. The maximum atomic E-state index is 10.9. The van der Waals surface area contributed by atoms with Crippen LogP contribution in [0.1, 0.15) is 10.4 Å². The van der Waals surface area contributed by atoms with E-state index >= 15 is 0 Å². The molecular weight excluding hydrogens is 223 g/mol. The molecule has 0 fully saturated rings. The van der Waals surface area contributed by atoms with Crippen LogP contribution in [0.2, 0.25) is 13.1 Å². The Labute approximate surface area is 88.4 Å². The summed E-state index contributed by atoms with van der Waals surface area (Å²) in [7, 11) is -1.85. The number of halogens is 2. The number of hydrogen-bond acceptors (Lipinski definition) is 1. The molecule has 0 bridgehead atoms. The van der Waals surface area contributed by atoms with Crippen molar-refractivity contribution in [3.8, 4) is 0 Å². The summed E-state index contributed by atoms with van der Waals surface area (Å²) in [5, 5.41) is 0.595. The number of hydrogen-bond donors (Lipinski definition) is 0. The first-order valence-electron chi connectivity index (χ1n) is 3.90. The van der Waals surface area contributed by atoms with Gasteiger partial charge < -0.3 is 0 Å². The molecule has 0 radical (unpaired) electrons. The Morgan fingerprint density at radius 3 is 2.46 bits per heavy atom. The molecule has 13 heavy (non-hydrogen) atoms. The Morgan fingerprint density at radius 1 is 1.38 bits per heavy atom. The summed E-state index contributed by atoms with van der Waals surface area (Å²) in [6.07, 6.45) is 0. The second-order valence-corrected chi connectivity index (χ2v) is 10.0. The number of rotatable bonds is 2. The minimum absolute atomic E-state index is 0.434. The standard InChI is InChI=1S/C9H10Cl2OSi/c1-13(2,11)8-5-3-4-7(6-8)9(10)12/h3-6H,1-2H3. The molecule has 0 heterocycles. The van der Waals surface area contributed by atoms with Gasteiger partial charge in [0.2, 0.25) is 0 Å². The minimum Gasteiger partial charge on any atom is -0.276 e. The van der Waals surface area contributed by atoms with Crippen molar-refractivity contribution < 1.29 is 4.79 Å². The Bertz CT molecular complexity index is 331. The van der Waals surface area contributed by atoms with Gasteiger partial charge in [0.15, 0.2) is 7.38 Å². The summed E-state index contributed by atoms with van der Waals surface area (Å²) in [6, 6.07) is 7.20. The smallest absolute Gasteiger partial charge is 0.252 e. The lowest BCUT2D eigenvalue weighted by Gasteiger charge is -2.13. The van der Waals surface area contributed by atoms with Gasteiger partial charge in [0.1, 0.15) is 0 Å². The highest BCUT2D eigenvalue weighted by atomic mass is 35.6. The van der Waals surface area contributed by atoms with E-state index in [1.165, 1.54) is 0 Å². The molecule has 70 valence electrons. The largest absolute Gasteiger partial charge is 0.276 e. The topological polar surface area (TPSA) is 17.1 Å². The third-order valence-electron chi connectivity index (χ3n) is 1.78. The Balaban J connectivity index is 3.13. The third kappa shape index (κ3) is 2.83. The molecule has 0 amide bonds. The molecule has 0 spiro atoms. The molecular formula is C9H10Cl2OSi. The van der Waals surface area contributed by atoms with E-state index in [9.17, 15) is 4.79 Å². The summed E-state index contributed by atoms with van der Waals surface area (Å²) in [6.45, 7) is 4.01. The van der Waals surface area contributed by atoms with E-state index in [0.29, 0.717) is 5.56 Å². The van der Waals surface area contributed by atoms with Gasteiger partial charge in [-0.05, 0) is 22.9 Å². The SMILES string of the molecule is C[Si](C)(Cl)c1cccc(C(=O)Cl)c1. The van der Waals surface area contributed by atoms with Gasteiger partial charge in [-0.15, -0.1) is 0 Å². The van der Waals surface area contributed by atoms with E-state index in [1.807, 2.05) is 25.2 Å². The van der Waals surface area contributed by atoms with Crippen LogP contribution in [0.15, 0.2) is 24.3 Å². The maximum absolute atomic E-state index is 10.9. The van der Waals surface area contributed by atoms with Crippen LogP contribution in [0.5, 0.6) is 0 Å². The van der Waals surface area contributed by atoms with E-state index in [2.05, 4.69) is 0 Å². The lowest BCUT2D eigenvalue weighted by molar-refractivity contribution is 0.108. The van der Waals surface area contributed by atoms with Crippen LogP contribution in [0.4, 0.5) is 0 Å². The van der Waals surface area contributed by atoms with Crippen molar-refractivity contribution in [2.75, 3.05) is 0 Å². The Kier molecular flexibility index (Phi) is 3.17. The Morgan fingerprint density at radius 2 is 2.00 bits per heavy atom. The maximum Gasteiger partial charge on any atom is 0.252 e. The van der Waals surface area contributed by atoms with Gasteiger partial charge in [0, 0.05) is 5.56 Å². The van der Waals surface area contributed by atoms with Gasteiger partial charge in [0.05, 0.1) is 0 Å². The zero-order chi connectivity index (χ0) is 10.1. The van der Waals surface area contributed by atoms with Crippen LogP contribution in [0.25, 0.3) is 0 Å². The number of carbonyl (C=O) groups is 1. The van der Waals surface area contributed by atoms with E-state index in [1.54, 1.807) is 12.1 Å². The molecule has 1 rings (SSSR count). The molecule has 1 nitrogen and oxygen atoms in total. The van der Waals surface area contributed by atoms with E-state index in [4.69, 9.17) is 22.7 Å². The van der Waals surface area contributed by atoms with Crippen LogP contribution in [0, 0.1) is 0 Å². The highest BCUT2D eigenvalue weighted by Crippen LogP contribution is 2.10. The molecule has 0 unspecified atom stereocenters. The van der Waals surface area contributed by atoms with Crippen molar-refractivity contribution in [1.29, 1.82) is 0 Å². The van der Waals surface area contributed by atoms with Gasteiger partial charge in [-0.3, -0.25) is 4.79 Å². The first kappa shape index (κ1) is 10.8. The number of benzene rings is 1. The van der Waals surface area contributed by atoms with Crippen LogP contribution < -0.4 is 5.19 Å². The second-order valence-electron chi connectivity index (χ2n) is 3.33. The fraction of sp³-hybridized carbons (Fsp3) is 0.222. The van der Waals surface area contributed by atoms with Gasteiger partial charge in [-0.25, -0.2) is 0 Å². The van der Waals surface area contributed by atoms with Crippen LogP contribution in [-0.4, -0.2) is 12.6 Å². The van der Waals surface area contributed by atoms with Crippen molar-refractivity contribution in [3.63, 3.8) is 0 Å². The predicted molar refractivity (Wildman–Crippen MR) is 59.6 cm³/mol. The minimum atomic E-state index is -1.85. The molecule has 1 aromatic rings. The van der Waals surface area contributed by atoms with Gasteiger partial charge in [-0.1, -0.05) is 31.3 Å². The lowest BCUT2D eigenvalue weighted by Crippen LogP contribution is -2.35. The van der Waals surface area contributed by atoms with Crippen molar-refractivity contribution in [2.24, 2.45) is 0 Å². The molecule has 0 aliphatic carbocycles. The lowest BCUT2D eigenvalue weighted by atomic mass is 10.2. The van der Waals surface area contributed by atoms with Crippen LogP contribution in [0.3, 0.4) is 0 Å². The summed E-state index contributed by atoms with van der Waals surface area (Å²) < 4.78 is 0. The van der Waals surface area contributed by atoms with Crippen molar-refractivity contribution in [2.45, 2.75) is 13.1 Å². The fourth-order valence-electron chi connectivity index (χ4n) is 1.01. The first-order valence-corrected chi connectivity index (χ1v) is 8.29. The third-order valence-corrected chi connectivity index (χ3v) is 4.33. The summed E-state index contributed by atoms with van der Waals surface area (Å²) in [5.41, 5.74) is 0.514. The van der Waals surface area contributed by atoms with Crippen molar-refractivity contribution in [3.05, 3.63) is 29.8 Å². The van der Waals surface area contributed by atoms with E-state index in [0.717, 1.165) is 5.19 Å². The Hall–Kier alpha value is -0.313.